The molecule has 3 aromatic rings. The van der Waals surface area contributed by atoms with Gasteiger partial charge in [0.05, 0.1) is 35.5 Å². The van der Waals surface area contributed by atoms with Gasteiger partial charge in [-0.2, -0.15) is 0 Å². The SMILES string of the molecule is COC(=O)CCCC1(c2c(OC)cc(OC)c(OC)c2OC)C23c4c5c6c7c8c4=C4CCC=8C8C=CC9C%10C=CC%11C%12=c%13c%14c(c-5c5c%13=C(CC%12)C(CCC42)C513)C6=C(C9C78)C%10C%14%11. The van der Waals surface area contributed by atoms with Crippen molar-refractivity contribution in [3.63, 3.8) is 0 Å². The fourth-order valence-corrected chi connectivity index (χ4v) is 21.4. The van der Waals surface area contributed by atoms with Crippen LogP contribution in [0.4, 0.5) is 0 Å². The summed E-state index contributed by atoms with van der Waals surface area (Å²) in [5.74, 6) is 8.10. The quantitative estimate of drug-likeness (QED) is 0.140. The van der Waals surface area contributed by atoms with E-state index >= 15 is 0 Å². The lowest BCUT2D eigenvalue weighted by Crippen LogP contribution is -2.43. The maximum atomic E-state index is 13.3. The van der Waals surface area contributed by atoms with Crippen molar-refractivity contribution in [3.05, 3.63) is 95.8 Å². The van der Waals surface area contributed by atoms with Crippen LogP contribution in [-0.4, -0.2) is 41.5 Å². The number of esters is 1. The molecule has 2 spiro atoms. The van der Waals surface area contributed by atoms with Crippen molar-refractivity contribution in [2.45, 2.75) is 85.9 Å². The van der Waals surface area contributed by atoms with E-state index in [0.717, 1.165) is 42.7 Å². The van der Waals surface area contributed by atoms with E-state index in [4.69, 9.17) is 23.7 Å². The summed E-state index contributed by atoms with van der Waals surface area (Å²) in [6.07, 6.45) is 20.1. The third kappa shape index (κ3) is 2.53. The number of methoxy groups -OCH3 is 5. The molecule has 62 heavy (non-hydrogen) atoms. The third-order valence-electron chi connectivity index (χ3n) is 21.7. The van der Waals surface area contributed by atoms with Crippen molar-refractivity contribution in [1.29, 1.82) is 0 Å². The molecular weight excluding hydrogens is 769 g/mol. The van der Waals surface area contributed by atoms with Gasteiger partial charge in [0.15, 0.2) is 11.5 Å². The molecule has 15 aliphatic rings. The van der Waals surface area contributed by atoms with Crippen LogP contribution in [0.3, 0.4) is 0 Å². The second kappa shape index (κ2) is 9.45. The normalized spacial score (nSPS) is 40.4. The molecule has 12 unspecified atom stereocenters. The molecule has 3 fully saturated rings. The van der Waals surface area contributed by atoms with Crippen LogP contribution in [0.25, 0.3) is 39.0 Å². The number of allylic oxidation sites excluding steroid dienone is 5. The Kier molecular flexibility index (Phi) is 4.98. The van der Waals surface area contributed by atoms with E-state index in [1.165, 1.54) is 25.7 Å². The van der Waals surface area contributed by atoms with Crippen LogP contribution in [0.2, 0.25) is 0 Å². The number of hydrogen-bond acceptors (Lipinski definition) is 6. The molecule has 0 saturated heterocycles. The summed E-state index contributed by atoms with van der Waals surface area (Å²) in [6.45, 7) is 0. The molecule has 0 aromatic heterocycles. The fourth-order valence-electron chi connectivity index (χ4n) is 21.4. The van der Waals surface area contributed by atoms with E-state index in [0.29, 0.717) is 77.1 Å². The predicted octanol–water partition coefficient (Wildman–Crippen LogP) is 6.60. The van der Waals surface area contributed by atoms with Crippen LogP contribution in [0.15, 0.2) is 35.9 Å². The van der Waals surface area contributed by atoms with E-state index in [1.54, 1.807) is 115 Å². The first-order valence-corrected chi connectivity index (χ1v) is 24.0. The molecule has 0 amide bonds. The number of fused-ring (bicyclic) bond motifs is 5. The molecule has 6 heteroatoms. The number of carbonyl (C=O) groups excluding carboxylic acids is 1. The van der Waals surface area contributed by atoms with Gasteiger partial charge in [-0.3, -0.25) is 4.79 Å². The van der Waals surface area contributed by atoms with Gasteiger partial charge in [0, 0.05) is 58.0 Å². The molecule has 3 saturated carbocycles. The van der Waals surface area contributed by atoms with Crippen LogP contribution in [0.1, 0.15) is 109 Å². The molecule has 0 radical (unpaired) electrons. The number of ether oxygens (including phenoxy) is 5. The highest BCUT2D eigenvalue weighted by atomic mass is 16.5. The Balaban J connectivity index is 1.11. The van der Waals surface area contributed by atoms with Crippen LogP contribution in [0, 0.1) is 47.3 Å². The highest BCUT2D eigenvalue weighted by Gasteiger charge is 2.97. The first-order chi connectivity index (χ1) is 30.5. The van der Waals surface area contributed by atoms with Crippen molar-refractivity contribution >= 4 is 33.8 Å². The summed E-state index contributed by atoms with van der Waals surface area (Å²) in [5.41, 5.74) is 24.7. The maximum absolute atomic E-state index is 13.3. The lowest BCUT2D eigenvalue weighted by molar-refractivity contribution is -0.140. The van der Waals surface area contributed by atoms with Crippen molar-refractivity contribution in [3.8, 4) is 34.1 Å². The zero-order valence-electron chi connectivity index (χ0n) is 36.0. The minimum absolute atomic E-state index is 0.132. The topological polar surface area (TPSA) is 63.2 Å². The largest absolute Gasteiger partial charge is 0.496 e. The summed E-state index contributed by atoms with van der Waals surface area (Å²) < 4.78 is 31.3. The second-order valence-electron chi connectivity index (χ2n) is 21.9. The van der Waals surface area contributed by atoms with Gasteiger partial charge >= 0.3 is 5.97 Å². The minimum atomic E-state index is -0.445. The van der Waals surface area contributed by atoms with Crippen molar-refractivity contribution in [2.24, 2.45) is 47.3 Å². The number of hydrogen-bond donors (Lipinski definition) is 0. The number of carbonyl (C=O) groups is 1. The smallest absolute Gasteiger partial charge is 0.305 e. The van der Waals surface area contributed by atoms with E-state index in [-0.39, 0.29) is 16.8 Å². The lowest BCUT2D eigenvalue weighted by atomic mass is 9.59. The Labute approximate surface area is 359 Å². The first kappa shape index (κ1) is 32.7. The van der Waals surface area contributed by atoms with Gasteiger partial charge in [-0.15, -0.1) is 0 Å². The Hall–Kier alpha value is -4.97. The number of rotatable bonds is 9. The third-order valence-corrected chi connectivity index (χ3v) is 21.7. The van der Waals surface area contributed by atoms with Crippen LogP contribution >= 0.6 is 0 Å². The van der Waals surface area contributed by atoms with E-state index in [9.17, 15) is 4.79 Å². The van der Waals surface area contributed by atoms with Gasteiger partial charge in [0.25, 0.3) is 0 Å². The molecule has 308 valence electrons. The molecular formula is C56H48O6. The van der Waals surface area contributed by atoms with Gasteiger partial charge in [-0.05, 0) is 158 Å². The van der Waals surface area contributed by atoms with Crippen LogP contribution in [0.5, 0.6) is 23.0 Å². The van der Waals surface area contributed by atoms with Crippen LogP contribution < -0.4 is 39.8 Å². The monoisotopic (exact) mass is 816 g/mol. The second-order valence-corrected chi connectivity index (χ2v) is 21.9. The average molecular weight is 817 g/mol. The Morgan fingerprint density at radius 2 is 1.15 bits per heavy atom. The highest BCUT2D eigenvalue weighted by Crippen LogP contribution is 2.95. The lowest BCUT2D eigenvalue weighted by Gasteiger charge is -2.43. The molecule has 0 N–H and O–H groups in total. The molecule has 0 bridgehead atoms. The van der Waals surface area contributed by atoms with Gasteiger partial charge in [-0.25, -0.2) is 0 Å². The van der Waals surface area contributed by atoms with E-state index in [1.807, 2.05) is 19.8 Å². The Morgan fingerprint density at radius 1 is 0.597 bits per heavy atom. The van der Waals surface area contributed by atoms with Gasteiger partial charge in [-0.1, -0.05) is 52.2 Å². The zero-order valence-corrected chi connectivity index (χ0v) is 36.0. The molecule has 0 aliphatic heterocycles. The van der Waals surface area contributed by atoms with E-state index in [2.05, 4.69) is 30.4 Å². The average Bonchev–Trinajstić information content (AvgIpc) is 3.96. The molecule has 18 rings (SSSR count). The molecule has 3 aromatic carbocycles. The minimum Gasteiger partial charge on any atom is -0.496 e. The first-order valence-electron chi connectivity index (χ1n) is 24.0. The molecule has 6 nitrogen and oxygen atoms in total. The maximum Gasteiger partial charge on any atom is 0.305 e. The zero-order chi connectivity index (χ0) is 40.6. The summed E-state index contributed by atoms with van der Waals surface area (Å²) in [6, 6.07) is 2.09. The van der Waals surface area contributed by atoms with Crippen molar-refractivity contribution in [2.75, 3.05) is 35.5 Å². The standard InChI is InChI=1S/C56H48O6/c1-58-30-19-31(59-2)52(61-4)53(62-5)49(30)54(18-6-7-32(57)60-3)55-28-16-17-29-27-15-13-25-23-11-9-21-20-8-10-22-24-12-14-26(28)39-37(24)42-35(22)33(20)41-34(21)36(23)43-38(25)40(27)51(56(29,54)55)48-46(43)44(41)45(42)47(48)50(39)55/h8-11,19-23,28-29,33-36H,6-7,12-18H2,1-5H3. The number of benzene rings is 3. The highest BCUT2D eigenvalue weighted by molar-refractivity contribution is 6.15. The summed E-state index contributed by atoms with van der Waals surface area (Å²) in [7, 11) is 8.65. The van der Waals surface area contributed by atoms with Gasteiger partial charge < -0.3 is 23.7 Å². The van der Waals surface area contributed by atoms with Crippen molar-refractivity contribution < 1.29 is 28.5 Å². The predicted molar refractivity (Wildman–Crippen MR) is 233 cm³/mol. The van der Waals surface area contributed by atoms with Crippen LogP contribution in [-0.2, 0) is 25.8 Å². The summed E-state index contributed by atoms with van der Waals surface area (Å²) in [5, 5.41) is 6.82. The Morgan fingerprint density at radius 3 is 1.66 bits per heavy atom. The molecule has 0 heterocycles. The van der Waals surface area contributed by atoms with Crippen molar-refractivity contribution in [1.82, 2.24) is 0 Å². The molecule has 12 atom stereocenters. The summed E-state index contributed by atoms with van der Waals surface area (Å²) in [4.78, 5) is 13.3. The Bertz CT molecular complexity index is 3200. The van der Waals surface area contributed by atoms with E-state index < -0.39 is 5.41 Å². The fraction of sp³-hybridized carbons (Fsp3) is 0.482. The summed E-state index contributed by atoms with van der Waals surface area (Å²) >= 11 is 0. The van der Waals surface area contributed by atoms with Gasteiger partial charge in [0.1, 0.15) is 5.75 Å². The van der Waals surface area contributed by atoms with Gasteiger partial charge in [0.2, 0.25) is 5.75 Å². The molecule has 15 aliphatic carbocycles.